The molecule has 0 aromatic carbocycles. The zero-order valence-electron chi connectivity index (χ0n) is 8.19. The first-order chi connectivity index (χ1) is 7.16. The van der Waals surface area contributed by atoms with Crippen molar-refractivity contribution in [3.05, 3.63) is 46.5 Å². The molecule has 0 bridgehead atoms. The Morgan fingerprint density at radius 1 is 1.07 bits per heavy atom. The first kappa shape index (κ1) is 10.7. The molecule has 0 N–H and O–H groups in total. The molecule has 2 nitrogen and oxygen atoms in total. The van der Waals surface area contributed by atoms with Gasteiger partial charge in [-0.05, 0) is 5.92 Å². The van der Waals surface area contributed by atoms with Crippen LogP contribution in [0.1, 0.15) is 18.7 Å². The third kappa shape index (κ3) is 2.39. The lowest BCUT2D eigenvalue weighted by Gasteiger charge is -2.18. The van der Waals surface area contributed by atoms with Gasteiger partial charge in [0.25, 0.3) is 0 Å². The second-order valence-electron chi connectivity index (χ2n) is 3.53. The van der Waals surface area contributed by atoms with E-state index in [0.717, 1.165) is 0 Å². The molecule has 0 fully saturated rings. The van der Waals surface area contributed by atoms with Crippen molar-refractivity contribution in [2.75, 3.05) is 0 Å². The Kier molecular flexibility index (Phi) is 3.08. The van der Waals surface area contributed by atoms with Gasteiger partial charge in [0.1, 0.15) is 16.1 Å². The van der Waals surface area contributed by atoms with Crippen LogP contribution in [0.2, 0.25) is 10.3 Å². The number of hydrogen-bond acceptors (Lipinski definition) is 2. The van der Waals surface area contributed by atoms with Crippen molar-refractivity contribution in [3.63, 3.8) is 0 Å². The summed E-state index contributed by atoms with van der Waals surface area (Å²) in [6, 6.07) is 1.54. The molecule has 1 aliphatic rings. The van der Waals surface area contributed by atoms with E-state index in [1.54, 1.807) is 6.07 Å². The molecule has 4 heteroatoms. The maximum atomic E-state index is 5.84. The van der Waals surface area contributed by atoms with Gasteiger partial charge in [0.2, 0.25) is 0 Å². The van der Waals surface area contributed by atoms with Gasteiger partial charge >= 0.3 is 0 Å². The first-order valence-electron chi connectivity index (χ1n) is 4.72. The molecule has 2 unspecified atom stereocenters. The Hall–Kier alpha value is -0.860. The van der Waals surface area contributed by atoms with Crippen molar-refractivity contribution < 1.29 is 0 Å². The summed E-state index contributed by atoms with van der Waals surface area (Å²) in [5, 5.41) is 0.778. The van der Waals surface area contributed by atoms with Crippen molar-refractivity contribution in [1.29, 1.82) is 0 Å². The van der Waals surface area contributed by atoms with Crippen LogP contribution >= 0.6 is 23.2 Å². The summed E-state index contributed by atoms with van der Waals surface area (Å²) in [4.78, 5) is 8.39. The predicted octanol–water partition coefficient (Wildman–Crippen LogP) is 3.63. The topological polar surface area (TPSA) is 25.8 Å². The van der Waals surface area contributed by atoms with Gasteiger partial charge in [-0.25, -0.2) is 9.97 Å². The Morgan fingerprint density at radius 3 is 2.27 bits per heavy atom. The third-order valence-electron chi connectivity index (χ3n) is 2.39. The average Bonchev–Trinajstić information content (AvgIpc) is 2.16. The molecule has 0 saturated carbocycles. The van der Waals surface area contributed by atoms with E-state index in [-0.39, 0.29) is 5.92 Å². The lowest BCUT2D eigenvalue weighted by Crippen LogP contribution is -2.11. The fourth-order valence-corrected chi connectivity index (χ4v) is 2.03. The Balaban J connectivity index is 2.37. The fourth-order valence-electron chi connectivity index (χ4n) is 1.60. The molecular formula is C11H10Cl2N2. The van der Waals surface area contributed by atoms with Crippen LogP contribution < -0.4 is 0 Å². The quantitative estimate of drug-likeness (QED) is 0.701. The van der Waals surface area contributed by atoms with Crippen LogP contribution in [0.25, 0.3) is 0 Å². The van der Waals surface area contributed by atoms with Gasteiger partial charge in [0, 0.05) is 12.0 Å². The summed E-state index contributed by atoms with van der Waals surface area (Å²) in [5.74, 6) is 1.20. The van der Waals surface area contributed by atoms with Gasteiger partial charge in [-0.2, -0.15) is 0 Å². The second-order valence-corrected chi connectivity index (χ2v) is 4.30. The van der Waals surface area contributed by atoms with Crippen molar-refractivity contribution in [3.8, 4) is 0 Å². The van der Waals surface area contributed by atoms with E-state index in [1.165, 1.54) is 0 Å². The highest BCUT2D eigenvalue weighted by Gasteiger charge is 2.19. The van der Waals surface area contributed by atoms with Crippen LogP contribution in [0, 0.1) is 5.92 Å². The number of aromatic nitrogens is 2. The molecule has 1 aromatic heterocycles. The summed E-state index contributed by atoms with van der Waals surface area (Å²) in [6.07, 6.45) is 8.19. The van der Waals surface area contributed by atoms with Gasteiger partial charge in [0.05, 0.1) is 0 Å². The van der Waals surface area contributed by atoms with E-state index < -0.39 is 0 Å². The number of rotatable bonds is 1. The highest BCUT2D eigenvalue weighted by atomic mass is 35.5. The molecule has 0 aliphatic heterocycles. The maximum Gasteiger partial charge on any atom is 0.139 e. The maximum absolute atomic E-state index is 5.84. The van der Waals surface area contributed by atoms with Crippen LogP contribution in [0.15, 0.2) is 30.4 Å². The minimum absolute atomic E-state index is 0.159. The van der Waals surface area contributed by atoms with E-state index in [1.807, 2.05) is 12.2 Å². The van der Waals surface area contributed by atoms with Crippen molar-refractivity contribution in [2.24, 2.45) is 5.92 Å². The molecular weight excluding hydrogens is 231 g/mol. The second kappa shape index (κ2) is 4.33. The van der Waals surface area contributed by atoms with Crippen LogP contribution in [0.4, 0.5) is 0 Å². The normalized spacial score (nSPS) is 24.5. The average molecular weight is 241 g/mol. The molecule has 2 rings (SSSR count). The van der Waals surface area contributed by atoms with Crippen LogP contribution in [-0.4, -0.2) is 9.97 Å². The lowest BCUT2D eigenvalue weighted by atomic mass is 9.89. The zero-order chi connectivity index (χ0) is 10.8. The van der Waals surface area contributed by atoms with Gasteiger partial charge in [0.15, 0.2) is 0 Å². The monoisotopic (exact) mass is 240 g/mol. The highest BCUT2D eigenvalue weighted by molar-refractivity contribution is 6.33. The number of allylic oxidation sites excluding steroid dienone is 4. The minimum Gasteiger partial charge on any atom is -0.220 e. The molecule has 2 atom stereocenters. The number of nitrogens with zero attached hydrogens (tertiary/aromatic N) is 2. The molecule has 1 heterocycles. The molecule has 0 radical (unpaired) electrons. The summed E-state index contributed by atoms with van der Waals surface area (Å²) in [6.45, 7) is 2.11. The SMILES string of the molecule is CC1C=CC=CC1c1nc(Cl)cc(Cl)n1. The standard InChI is InChI=1S/C11H10Cl2N2/c1-7-4-2-3-5-8(7)11-14-9(12)6-10(13)15-11/h2-8H,1H3. The molecule has 78 valence electrons. The Labute approximate surface area is 98.6 Å². The zero-order valence-corrected chi connectivity index (χ0v) is 9.70. The third-order valence-corrected chi connectivity index (χ3v) is 2.78. The Bertz CT molecular complexity index is 406. The fraction of sp³-hybridized carbons (Fsp3) is 0.273. The summed E-state index contributed by atoms with van der Waals surface area (Å²) < 4.78 is 0. The smallest absolute Gasteiger partial charge is 0.139 e. The van der Waals surface area contributed by atoms with Crippen LogP contribution in [0.3, 0.4) is 0 Å². The van der Waals surface area contributed by atoms with Gasteiger partial charge in [-0.3, -0.25) is 0 Å². The minimum atomic E-state index is 0.159. The van der Waals surface area contributed by atoms with Crippen LogP contribution in [-0.2, 0) is 0 Å². The molecule has 1 aromatic rings. The summed E-state index contributed by atoms with van der Waals surface area (Å²) in [7, 11) is 0. The van der Waals surface area contributed by atoms with E-state index >= 15 is 0 Å². The largest absolute Gasteiger partial charge is 0.220 e. The van der Waals surface area contributed by atoms with Gasteiger partial charge in [-0.15, -0.1) is 0 Å². The summed E-state index contributed by atoms with van der Waals surface area (Å²) >= 11 is 11.7. The van der Waals surface area contributed by atoms with Gasteiger partial charge in [-0.1, -0.05) is 54.4 Å². The van der Waals surface area contributed by atoms with Crippen molar-refractivity contribution in [1.82, 2.24) is 9.97 Å². The lowest BCUT2D eigenvalue weighted by molar-refractivity contribution is 0.602. The number of hydrogen-bond donors (Lipinski definition) is 0. The molecule has 0 spiro atoms. The predicted molar refractivity (Wildman–Crippen MR) is 62.2 cm³/mol. The summed E-state index contributed by atoms with van der Waals surface area (Å²) in [5.41, 5.74) is 0. The first-order valence-corrected chi connectivity index (χ1v) is 5.47. The number of halogens is 2. The van der Waals surface area contributed by atoms with Crippen molar-refractivity contribution in [2.45, 2.75) is 12.8 Å². The molecule has 15 heavy (non-hydrogen) atoms. The molecule has 1 aliphatic carbocycles. The van der Waals surface area contributed by atoms with E-state index in [2.05, 4.69) is 29.0 Å². The van der Waals surface area contributed by atoms with Gasteiger partial charge < -0.3 is 0 Å². The molecule has 0 amide bonds. The van der Waals surface area contributed by atoms with E-state index in [9.17, 15) is 0 Å². The molecule has 0 saturated heterocycles. The Morgan fingerprint density at radius 2 is 1.67 bits per heavy atom. The van der Waals surface area contributed by atoms with E-state index in [4.69, 9.17) is 23.2 Å². The van der Waals surface area contributed by atoms with E-state index in [0.29, 0.717) is 22.0 Å². The van der Waals surface area contributed by atoms with Crippen molar-refractivity contribution >= 4 is 23.2 Å². The highest BCUT2D eigenvalue weighted by Crippen LogP contribution is 2.28. The van der Waals surface area contributed by atoms with Crippen LogP contribution in [0.5, 0.6) is 0 Å².